The molecule has 0 aromatic carbocycles. The van der Waals surface area contributed by atoms with Crippen LogP contribution in [0.4, 0.5) is 0 Å². The first-order valence-corrected chi connectivity index (χ1v) is 7.63. The Morgan fingerprint density at radius 1 is 1.43 bits per heavy atom. The second-order valence-electron chi connectivity index (χ2n) is 5.92. The standard InChI is InChI=1S/C15H23N3O3/c1-20-11-12-8-17-5-4-16-14(17)10-18(9-12)15(19)13-2-6-21-7-3-13/h4-5,12-13H,2-3,6-11H2,1H3. The molecule has 21 heavy (non-hydrogen) atoms. The van der Waals surface area contributed by atoms with Gasteiger partial charge < -0.3 is 18.9 Å². The number of aromatic nitrogens is 2. The van der Waals surface area contributed by atoms with E-state index < -0.39 is 0 Å². The summed E-state index contributed by atoms with van der Waals surface area (Å²) >= 11 is 0. The van der Waals surface area contributed by atoms with Crippen LogP contribution in [0.5, 0.6) is 0 Å². The van der Waals surface area contributed by atoms with Crippen molar-refractivity contribution in [1.82, 2.24) is 14.5 Å². The van der Waals surface area contributed by atoms with E-state index in [4.69, 9.17) is 9.47 Å². The highest BCUT2D eigenvalue weighted by Crippen LogP contribution is 2.22. The highest BCUT2D eigenvalue weighted by Gasteiger charge is 2.30. The zero-order chi connectivity index (χ0) is 14.7. The summed E-state index contributed by atoms with van der Waals surface area (Å²) in [5.74, 6) is 1.63. The number of carbonyl (C=O) groups excluding carboxylic acids is 1. The van der Waals surface area contributed by atoms with Crippen LogP contribution in [0.2, 0.25) is 0 Å². The minimum absolute atomic E-state index is 0.100. The molecule has 116 valence electrons. The summed E-state index contributed by atoms with van der Waals surface area (Å²) in [4.78, 5) is 19.1. The lowest BCUT2D eigenvalue weighted by Crippen LogP contribution is -2.40. The summed E-state index contributed by atoms with van der Waals surface area (Å²) in [6, 6.07) is 0. The predicted octanol–water partition coefficient (Wildman–Crippen LogP) is 0.914. The van der Waals surface area contributed by atoms with Gasteiger partial charge >= 0.3 is 0 Å². The lowest BCUT2D eigenvalue weighted by Gasteiger charge is -2.29. The fourth-order valence-electron chi connectivity index (χ4n) is 3.25. The highest BCUT2D eigenvalue weighted by molar-refractivity contribution is 5.79. The third kappa shape index (κ3) is 3.27. The highest BCUT2D eigenvalue weighted by atomic mass is 16.5. The van der Waals surface area contributed by atoms with E-state index in [1.165, 1.54) is 0 Å². The Kier molecular flexibility index (Phi) is 4.55. The van der Waals surface area contributed by atoms with Gasteiger partial charge in [0, 0.05) is 57.6 Å². The number of hydrogen-bond acceptors (Lipinski definition) is 4. The van der Waals surface area contributed by atoms with Crippen LogP contribution < -0.4 is 0 Å². The molecule has 1 amide bonds. The molecular formula is C15H23N3O3. The third-order valence-electron chi connectivity index (χ3n) is 4.35. The molecule has 0 aliphatic carbocycles. The molecule has 2 aliphatic heterocycles. The summed E-state index contributed by atoms with van der Waals surface area (Å²) in [7, 11) is 1.71. The Bertz CT molecular complexity index is 482. The second kappa shape index (κ2) is 6.58. The summed E-state index contributed by atoms with van der Waals surface area (Å²) in [5, 5.41) is 0. The van der Waals surface area contributed by atoms with Crippen molar-refractivity contribution in [2.24, 2.45) is 11.8 Å². The van der Waals surface area contributed by atoms with Gasteiger partial charge in [-0.15, -0.1) is 0 Å². The fourth-order valence-corrected chi connectivity index (χ4v) is 3.25. The molecule has 1 unspecified atom stereocenters. The van der Waals surface area contributed by atoms with E-state index in [0.717, 1.165) is 31.8 Å². The van der Waals surface area contributed by atoms with Gasteiger partial charge in [-0.2, -0.15) is 0 Å². The quantitative estimate of drug-likeness (QED) is 0.831. The topological polar surface area (TPSA) is 56.6 Å². The Balaban J connectivity index is 1.75. The molecule has 1 fully saturated rings. The Morgan fingerprint density at radius 3 is 3.00 bits per heavy atom. The molecule has 1 aromatic rings. The van der Waals surface area contributed by atoms with Crippen molar-refractivity contribution in [1.29, 1.82) is 0 Å². The van der Waals surface area contributed by atoms with E-state index in [1.54, 1.807) is 7.11 Å². The summed E-state index contributed by atoms with van der Waals surface area (Å²) in [6.07, 6.45) is 5.46. The number of hydrogen-bond donors (Lipinski definition) is 0. The van der Waals surface area contributed by atoms with Crippen LogP contribution >= 0.6 is 0 Å². The molecule has 0 N–H and O–H groups in total. The molecule has 0 spiro atoms. The molecule has 1 saturated heterocycles. The first-order chi connectivity index (χ1) is 10.3. The molecule has 6 heteroatoms. The Hall–Kier alpha value is -1.40. The maximum Gasteiger partial charge on any atom is 0.226 e. The van der Waals surface area contributed by atoms with Crippen molar-refractivity contribution in [2.75, 3.05) is 33.5 Å². The molecule has 0 radical (unpaired) electrons. The number of methoxy groups -OCH3 is 1. The van der Waals surface area contributed by atoms with Gasteiger partial charge in [-0.1, -0.05) is 0 Å². The maximum absolute atomic E-state index is 12.8. The van der Waals surface area contributed by atoms with Gasteiger partial charge in [0.05, 0.1) is 13.2 Å². The summed E-state index contributed by atoms with van der Waals surface area (Å²) in [5.41, 5.74) is 0. The molecule has 2 aliphatic rings. The normalized spacial score (nSPS) is 23.7. The molecule has 1 aromatic heterocycles. The van der Waals surface area contributed by atoms with Crippen LogP contribution in [0, 0.1) is 11.8 Å². The van der Waals surface area contributed by atoms with Crippen LogP contribution in [0.1, 0.15) is 18.7 Å². The molecule has 6 nitrogen and oxygen atoms in total. The van der Waals surface area contributed by atoms with Crippen LogP contribution in [-0.2, 0) is 27.4 Å². The number of amides is 1. The zero-order valence-electron chi connectivity index (χ0n) is 12.5. The van der Waals surface area contributed by atoms with E-state index in [1.807, 2.05) is 17.3 Å². The van der Waals surface area contributed by atoms with Crippen LogP contribution in [0.15, 0.2) is 12.4 Å². The van der Waals surface area contributed by atoms with Gasteiger partial charge in [0.1, 0.15) is 5.82 Å². The number of fused-ring (bicyclic) bond motifs is 1. The minimum atomic E-state index is 0.100. The number of imidazole rings is 1. The smallest absolute Gasteiger partial charge is 0.226 e. The average molecular weight is 293 g/mol. The second-order valence-corrected chi connectivity index (χ2v) is 5.92. The molecule has 3 heterocycles. The van der Waals surface area contributed by atoms with Crippen molar-refractivity contribution >= 4 is 5.91 Å². The SMILES string of the molecule is COCC1CN(C(=O)C2CCOCC2)Cc2nccn2C1. The zero-order valence-corrected chi connectivity index (χ0v) is 12.5. The average Bonchev–Trinajstić information content (AvgIpc) is 2.86. The van der Waals surface area contributed by atoms with E-state index in [-0.39, 0.29) is 11.8 Å². The van der Waals surface area contributed by atoms with Crippen molar-refractivity contribution < 1.29 is 14.3 Å². The van der Waals surface area contributed by atoms with Gasteiger partial charge in [0.2, 0.25) is 5.91 Å². The first kappa shape index (κ1) is 14.5. The minimum Gasteiger partial charge on any atom is -0.384 e. The molecule has 3 rings (SSSR count). The van der Waals surface area contributed by atoms with Crippen LogP contribution in [-0.4, -0.2) is 53.8 Å². The predicted molar refractivity (Wildman–Crippen MR) is 76.6 cm³/mol. The molecular weight excluding hydrogens is 270 g/mol. The molecule has 0 saturated carbocycles. The van der Waals surface area contributed by atoms with Crippen molar-refractivity contribution in [3.63, 3.8) is 0 Å². The van der Waals surface area contributed by atoms with Gasteiger partial charge in [-0.25, -0.2) is 4.98 Å². The first-order valence-electron chi connectivity index (χ1n) is 7.63. The van der Waals surface area contributed by atoms with Gasteiger partial charge in [0.25, 0.3) is 0 Å². The van der Waals surface area contributed by atoms with Crippen LogP contribution in [0.3, 0.4) is 0 Å². The Morgan fingerprint density at radius 2 is 2.24 bits per heavy atom. The van der Waals surface area contributed by atoms with Gasteiger partial charge in [-0.05, 0) is 12.8 Å². The van der Waals surface area contributed by atoms with Crippen molar-refractivity contribution in [3.8, 4) is 0 Å². The number of carbonyl (C=O) groups is 1. The van der Waals surface area contributed by atoms with Gasteiger partial charge in [0.15, 0.2) is 0 Å². The lowest BCUT2D eigenvalue weighted by molar-refractivity contribution is -0.140. The van der Waals surface area contributed by atoms with E-state index >= 15 is 0 Å². The van der Waals surface area contributed by atoms with E-state index in [9.17, 15) is 4.79 Å². The number of rotatable bonds is 3. The van der Waals surface area contributed by atoms with Crippen molar-refractivity contribution in [3.05, 3.63) is 18.2 Å². The van der Waals surface area contributed by atoms with Gasteiger partial charge in [-0.3, -0.25) is 4.79 Å². The van der Waals surface area contributed by atoms with E-state index in [0.29, 0.717) is 32.3 Å². The maximum atomic E-state index is 12.8. The fraction of sp³-hybridized carbons (Fsp3) is 0.733. The molecule has 1 atom stereocenters. The molecule has 0 bridgehead atoms. The largest absolute Gasteiger partial charge is 0.384 e. The third-order valence-corrected chi connectivity index (χ3v) is 4.35. The van der Waals surface area contributed by atoms with Crippen molar-refractivity contribution in [2.45, 2.75) is 25.9 Å². The summed E-state index contributed by atoms with van der Waals surface area (Å²) in [6.45, 7) is 4.26. The summed E-state index contributed by atoms with van der Waals surface area (Å²) < 4.78 is 12.8. The lowest BCUT2D eigenvalue weighted by atomic mass is 9.98. The van der Waals surface area contributed by atoms with E-state index in [2.05, 4.69) is 9.55 Å². The van der Waals surface area contributed by atoms with Crippen LogP contribution in [0.25, 0.3) is 0 Å². The monoisotopic (exact) mass is 293 g/mol. The Labute approximate surface area is 125 Å². The number of nitrogens with zero attached hydrogens (tertiary/aromatic N) is 3. The number of ether oxygens (including phenoxy) is 2.